The SMILES string of the molecule is CC(CNS(=O)(=O)c1ccc(N)c(Br)c1)c1ccccc1. The molecule has 6 heteroatoms. The van der Waals surface area contributed by atoms with Crippen molar-refractivity contribution in [2.75, 3.05) is 12.3 Å². The van der Waals surface area contributed by atoms with Crippen LogP contribution in [0.15, 0.2) is 57.9 Å². The lowest BCUT2D eigenvalue weighted by atomic mass is 10.0. The summed E-state index contributed by atoms with van der Waals surface area (Å²) < 4.78 is 27.7. The van der Waals surface area contributed by atoms with Crippen LogP contribution in [0.2, 0.25) is 0 Å². The first-order valence-corrected chi connectivity index (χ1v) is 8.77. The predicted molar refractivity (Wildman–Crippen MR) is 88.6 cm³/mol. The number of anilines is 1. The minimum Gasteiger partial charge on any atom is -0.398 e. The molecule has 2 rings (SSSR count). The maximum absolute atomic E-state index is 12.3. The molecule has 0 aliphatic rings. The van der Waals surface area contributed by atoms with Crippen LogP contribution >= 0.6 is 15.9 Å². The van der Waals surface area contributed by atoms with E-state index in [9.17, 15) is 8.42 Å². The molecule has 112 valence electrons. The largest absolute Gasteiger partial charge is 0.398 e. The fraction of sp³-hybridized carbons (Fsp3) is 0.200. The molecule has 1 atom stereocenters. The minimum absolute atomic E-state index is 0.0956. The Morgan fingerprint density at radius 1 is 1.19 bits per heavy atom. The number of benzene rings is 2. The van der Waals surface area contributed by atoms with Crippen molar-refractivity contribution in [2.45, 2.75) is 17.7 Å². The molecule has 0 aliphatic carbocycles. The summed E-state index contributed by atoms with van der Waals surface area (Å²) in [6, 6.07) is 14.4. The first kappa shape index (κ1) is 16.0. The third-order valence-corrected chi connectivity index (χ3v) is 5.34. The number of hydrogen-bond acceptors (Lipinski definition) is 3. The maximum atomic E-state index is 12.3. The van der Waals surface area contributed by atoms with E-state index in [1.165, 1.54) is 12.1 Å². The Hall–Kier alpha value is -1.37. The van der Waals surface area contributed by atoms with E-state index in [1.54, 1.807) is 6.07 Å². The first-order valence-electron chi connectivity index (χ1n) is 6.50. The predicted octanol–water partition coefficient (Wildman–Crippen LogP) is 3.11. The van der Waals surface area contributed by atoms with Crippen molar-refractivity contribution >= 4 is 31.6 Å². The van der Waals surface area contributed by atoms with Gasteiger partial charge in [0, 0.05) is 16.7 Å². The summed E-state index contributed by atoms with van der Waals surface area (Å²) in [6.07, 6.45) is 0. The van der Waals surface area contributed by atoms with Gasteiger partial charge < -0.3 is 5.73 Å². The molecule has 0 saturated carbocycles. The molecule has 0 amide bonds. The zero-order chi connectivity index (χ0) is 15.5. The Morgan fingerprint density at radius 2 is 1.86 bits per heavy atom. The molecular formula is C15H17BrN2O2S. The summed E-state index contributed by atoms with van der Waals surface area (Å²) in [4.78, 5) is 0.198. The molecule has 2 aromatic rings. The molecule has 0 heterocycles. The number of nitrogens with two attached hydrogens (primary N) is 1. The fourth-order valence-electron chi connectivity index (χ4n) is 1.89. The molecule has 0 aromatic heterocycles. The van der Waals surface area contributed by atoms with Gasteiger partial charge in [-0.1, -0.05) is 37.3 Å². The third-order valence-electron chi connectivity index (χ3n) is 3.23. The monoisotopic (exact) mass is 368 g/mol. The zero-order valence-corrected chi connectivity index (χ0v) is 14.0. The van der Waals surface area contributed by atoms with E-state index in [0.717, 1.165) is 5.56 Å². The molecule has 0 fully saturated rings. The van der Waals surface area contributed by atoms with E-state index in [0.29, 0.717) is 16.7 Å². The Kier molecular flexibility index (Phi) is 5.03. The average molecular weight is 369 g/mol. The normalized spacial score (nSPS) is 13.0. The van der Waals surface area contributed by atoms with E-state index in [4.69, 9.17) is 5.73 Å². The molecule has 0 bridgehead atoms. The van der Waals surface area contributed by atoms with Gasteiger partial charge in [0.25, 0.3) is 0 Å². The first-order chi connectivity index (χ1) is 9.90. The van der Waals surface area contributed by atoms with E-state index in [-0.39, 0.29) is 10.8 Å². The lowest BCUT2D eigenvalue weighted by Gasteiger charge is -2.13. The van der Waals surface area contributed by atoms with Crippen molar-refractivity contribution in [1.29, 1.82) is 0 Å². The third kappa shape index (κ3) is 4.06. The highest BCUT2D eigenvalue weighted by Crippen LogP contribution is 2.23. The quantitative estimate of drug-likeness (QED) is 0.796. The van der Waals surface area contributed by atoms with Gasteiger partial charge in [0.1, 0.15) is 0 Å². The molecule has 3 N–H and O–H groups in total. The molecule has 2 aromatic carbocycles. The molecule has 21 heavy (non-hydrogen) atoms. The summed E-state index contributed by atoms with van der Waals surface area (Å²) >= 11 is 3.24. The average Bonchev–Trinajstić information content (AvgIpc) is 2.48. The van der Waals surface area contributed by atoms with Crippen LogP contribution in [0, 0.1) is 0 Å². The number of sulfonamides is 1. The standard InChI is InChI=1S/C15H17BrN2O2S/c1-11(12-5-3-2-4-6-12)10-18-21(19,20)13-7-8-15(17)14(16)9-13/h2-9,11,18H,10,17H2,1H3. The van der Waals surface area contributed by atoms with Crippen LogP contribution in [0.5, 0.6) is 0 Å². The van der Waals surface area contributed by atoms with Gasteiger partial charge in [-0.25, -0.2) is 13.1 Å². The van der Waals surface area contributed by atoms with E-state index in [2.05, 4.69) is 20.7 Å². The van der Waals surface area contributed by atoms with Crippen LogP contribution in [0.1, 0.15) is 18.4 Å². The Labute approximate surface area is 133 Å². The maximum Gasteiger partial charge on any atom is 0.240 e. The van der Waals surface area contributed by atoms with E-state index < -0.39 is 10.0 Å². The lowest BCUT2D eigenvalue weighted by Crippen LogP contribution is -2.27. The lowest BCUT2D eigenvalue weighted by molar-refractivity contribution is 0.575. The second-order valence-corrected chi connectivity index (χ2v) is 7.47. The smallest absolute Gasteiger partial charge is 0.240 e. The molecule has 0 saturated heterocycles. The molecule has 0 aliphatic heterocycles. The Morgan fingerprint density at radius 3 is 2.48 bits per heavy atom. The second-order valence-electron chi connectivity index (χ2n) is 4.85. The van der Waals surface area contributed by atoms with Crippen molar-refractivity contribution in [2.24, 2.45) is 0 Å². The van der Waals surface area contributed by atoms with Gasteiger partial charge in [0.05, 0.1) is 4.90 Å². The van der Waals surface area contributed by atoms with Crippen LogP contribution in [-0.2, 0) is 10.0 Å². The summed E-state index contributed by atoms with van der Waals surface area (Å²) in [5.41, 5.74) is 7.27. The van der Waals surface area contributed by atoms with Crippen molar-refractivity contribution in [3.05, 3.63) is 58.6 Å². The number of rotatable bonds is 5. The van der Waals surface area contributed by atoms with Crippen LogP contribution < -0.4 is 10.5 Å². The van der Waals surface area contributed by atoms with Crippen LogP contribution in [0.4, 0.5) is 5.69 Å². The topological polar surface area (TPSA) is 72.2 Å². The Bertz CT molecular complexity index is 718. The van der Waals surface area contributed by atoms with Gasteiger partial charge in [-0.05, 0) is 45.6 Å². The number of nitrogens with one attached hydrogen (secondary N) is 1. The van der Waals surface area contributed by atoms with Gasteiger partial charge in [-0.2, -0.15) is 0 Å². The van der Waals surface area contributed by atoms with Gasteiger partial charge in [0.15, 0.2) is 0 Å². The van der Waals surface area contributed by atoms with Crippen molar-refractivity contribution < 1.29 is 8.42 Å². The van der Waals surface area contributed by atoms with Crippen molar-refractivity contribution in [1.82, 2.24) is 4.72 Å². The summed E-state index contributed by atoms with van der Waals surface area (Å²) in [6.45, 7) is 2.32. The number of hydrogen-bond donors (Lipinski definition) is 2. The number of halogens is 1. The van der Waals surface area contributed by atoms with Crippen LogP contribution in [-0.4, -0.2) is 15.0 Å². The van der Waals surface area contributed by atoms with E-state index >= 15 is 0 Å². The van der Waals surface area contributed by atoms with Crippen molar-refractivity contribution in [3.63, 3.8) is 0 Å². The van der Waals surface area contributed by atoms with E-state index in [1.807, 2.05) is 37.3 Å². The van der Waals surface area contributed by atoms with Crippen LogP contribution in [0.3, 0.4) is 0 Å². The molecular weight excluding hydrogens is 352 g/mol. The highest BCUT2D eigenvalue weighted by atomic mass is 79.9. The van der Waals surface area contributed by atoms with Crippen LogP contribution in [0.25, 0.3) is 0 Å². The molecule has 0 spiro atoms. The highest BCUT2D eigenvalue weighted by Gasteiger charge is 2.16. The summed E-state index contributed by atoms with van der Waals surface area (Å²) in [7, 11) is -3.54. The molecule has 0 radical (unpaired) electrons. The summed E-state index contributed by atoms with van der Waals surface area (Å²) in [5, 5.41) is 0. The molecule has 1 unspecified atom stereocenters. The van der Waals surface area contributed by atoms with Gasteiger partial charge >= 0.3 is 0 Å². The van der Waals surface area contributed by atoms with Crippen molar-refractivity contribution in [3.8, 4) is 0 Å². The van der Waals surface area contributed by atoms with Gasteiger partial charge in [-0.3, -0.25) is 0 Å². The summed E-state index contributed by atoms with van der Waals surface area (Å²) in [5.74, 6) is 0.0956. The van der Waals surface area contributed by atoms with Gasteiger partial charge in [0.2, 0.25) is 10.0 Å². The zero-order valence-electron chi connectivity index (χ0n) is 11.6. The van der Waals surface area contributed by atoms with Gasteiger partial charge in [-0.15, -0.1) is 0 Å². The number of nitrogen functional groups attached to an aromatic ring is 1. The Balaban J connectivity index is 2.09. The highest BCUT2D eigenvalue weighted by molar-refractivity contribution is 9.10. The minimum atomic E-state index is -3.54. The fourth-order valence-corrected chi connectivity index (χ4v) is 3.58. The molecule has 4 nitrogen and oxygen atoms in total. The second kappa shape index (κ2) is 6.60.